The summed E-state index contributed by atoms with van der Waals surface area (Å²) in [4.78, 5) is 0. The average molecular weight is 298 g/mol. The van der Waals surface area contributed by atoms with Crippen molar-refractivity contribution < 1.29 is 4.74 Å². The van der Waals surface area contributed by atoms with Crippen LogP contribution in [0.15, 0.2) is 18.2 Å². The molecule has 0 saturated carbocycles. The first-order chi connectivity index (χ1) is 10.4. The molecule has 3 rings (SSSR count). The Labute approximate surface area is 131 Å². The summed E-state index contributed by atoms with van der Waals surface area (Å²) in [5.41, 5.74) is 2.66. The van der Waals surface area contributed by atoms with Gasteiger partial charge >= 0.3 is 0 Å². The molecular weight excluding hydrogens is 276 g/mol. The Morgan fingerprint density at radius 3 is 2.55 bits per heavy atom. The van der Waals surface area contributed by atoms with E-state index in [1.165, 1.54) is 0 Å². The van der Waals surface area contributed by atoms with Crippen LogP contribution in [0.1, 0.15) is 43.4 Å². The zero-order chi connectivity index (χ0) is 15.9. The van der Waals surface area contributed by atoms with E-state index < -0.39 is 5.41 Å². The molecular formula is C17H22N4O. The van der Waals surface area contributed by atoms with Gasteiger partial charge in [0.2, 0.25) is 0 Å². The average Bonchev–Trinajstić information content (AvgIpc) is 3.18. The molecule has 0 amide bonds. The van der Waals surface area contributed by atoms with Crippen molar-refractivity contribution in [3.05, 3.63) is 35.3 Å². The molecule has 0 N–H and O–H groups in total. The fourth-order valence-corrected chi connectivity index (χ4v) is 3.04. The van der Waals surface area contributed by atoms with Crippen LogP contribution in [0.5, 0.6) is 0 Å². The third-order valence-electron chi connectivity index (χ3n) is 4.39. The molecule has 5 heteroatoms. The summed E-state index contributed by atoms with van der Waals surface area (Å²) in [6.07, 6.45) is 0.944. The molecule has 0 radical (unpaired) electrons. The lowest BCUT2D eigenvalue weighted by molar-refractivity contribution is 0.183. The van der Waals surface area contributed by atoms with Crippen LogP contribution in [0.4, 0.5) is 0 Å². The number of rotatable bonds is 3. The summed E-state index contributed by atoms with van der Waals surface area (Å²) in [7, 11) is 0. The summed E-state index contributed by atoms with van der Waals surface area (Å²) >= 11 is 0. The van der Waals surface area contributed by atoms with Gasteiger partial charge in [0.25, 0.3) is 0 Å². The Morgan fingerprint density at radius 2 is 2.00 bits per heavy atom. The Kier molecular flexibility index (Phi) is 3.57. The second-order valence-corrected chi connectivity index (χ2v) is 6.54. The number of nitrogens with zero attached hydrogens (tertiary/aromatic N) is 4. The predicted molar refractivity (Wildman–Crippen MR) is 84.1 cm³/mol. The molecule has 0 bridgehead atoms. The molecule has 0 aliphatic carbocycles. The standard InChI is InChI=1S/C17H22N4O/c1-12-5-6-13(2)20(12)16-9-15(17(3,4)11-18)21(19-16)14-7-8-22-10-14/h5-6,9,14H,7-8,10H2,1-4H3/t14-/m0/s1. The van der Waals surface area contributed by atoms with Crippen LogP contribution in [0, 0.1) is 25.2 Å². The van der Waals surface area contributed by atoms with Crippen molar-refractivity contribution >= 4 is 0 Å². The molecule has 116 valence electrons. The molecule has 0 unspecified atom stereocenters. The molecule has 1 atom stereocenters. The highest BCUT2D eigenvalue weighted by Crippen LogP contribution is 2.30. The highest BCUT2D eigenvalue weighted by molar-refractivity contribution is 5.37. The highest BCUT2D eigenvalue weighted by Gasteiger charge is 2.31. The monoisotopic (exact) mass is 298 g/mol. The minimum Gasteiger partial charge on any atom is -0.379 e. The maximum Gasteiger partial charge on any atom is 0.159 e. The minimum atomic E-state index is -0.581. The Balaban J connectivity index is 2.15. The van der Waals surface area contributed by atoms with Gasteiger partial charge in [0, 0.05) is 24.1 Å². The third-order valence-corrected chi connectivity index (χ3v) is 4.39. The van der Waals surface area contributed by atoms with E-state index >= 15 is 0 Å². The molecule has 3 heterocycles. The van der Waals surface area contributed by atoms with Gasteiger partial charge in [-0.05, 0) is 46.2 Å². The van der Waals surface area contributed by atoms with E-state index in [2.05, 4.69) is 36.6 Å². The van der Waals surface area contributed by atoms with Crippen molar-refractivity contribution in [2.24, 2.45) is 0 Å². The van der Waals surface area contributed by atoms with Gasteiger partial charge in [-0.25, -0.2) is 0 Å². The molecule has 1 aliphatic rings. The smallest absolute Gasteiger partial charge is 0.159 e. The van der Waals surface area contributed by atoms with Gasteiger partial charge in [-0.15, -0.1) is 0 Å². The molecule has 0 aromatic carbocycles. The van der Waals surface area contributed by atoms with Gasteiger partial charge in [-0.1, -0.05) is 0 Å². The number of hydrogen-bond donors (Lipinski definition) is 0. The molecule has 5 nitrogen and oxygen atoms in total. The van der Waals surface area contributed by atoms with Crippen molar-refractivity contribution in [3.63, 3.8) is 0 Å². The van der Waals surface area contributed by atoms with Gasteiger partial charge < -0.3 is 9.30 Å². The van der Waals surface area contributed by atoms with E-state index in [1.807, 2.05) is 24.6 Å². The zero-order valence-electron chi connectivity index (χ0n) is 13.6. The molecule has 1 fully saturated rings. The van der Waals surface area contributed by atoms with E-state index in [9.17, 15) is 5.26 Å². The van der Waals surface area contributed by atoms with Crippen LogP contribution < -0.4 is 0 Å². The van der Waals surface area contributed by atoms with Gasteiger partial charge in [-0.2, -0.15) is 10.4 Å². The molecule has 1 saturated heterocycles. The maximum absolute atomic E-state index is 9.53. The predicted octanol–water partition coefficient (Wildman–Crippen LogP) is 3.05. The topological polar surface area (TPSA) is 55.8 Å². The first kappa shape index (κ1) is 14.9. The van der Waals surface area contributed by atoms with E-state index in [4.69, 9.17) is 9.84 Å². The van der Waals surface area contributed by atoms with E-state index in [0.717, 1.165) is 35.9 Å². The van der Waals surface area contributed by atoms with Gasteiger partial charge in [0.1, 0.15) is 0 Å². The van der Waals surface area contributed by atoms with Crippen molar-refractivity contribution in [2.75, 3.05) is 13.2 Å². The number of hydrogen-bond acceptors (Lipinski definition) is 3. The SMILES string of the molecule is Cc1ccc(C)n1-c1cc(C(C)(C)C#N)n([C@H]2CCOC2)n1. The maximum atomic E-state index is 9.53. The lowest BCUT2D eigenvalue weighted by Crippen LogP contribution is -2.23. The summed E-state index contributed by atoms with van der Waals surface area (Å²) in [6, 6.07) is 8.83. The quantitative estimate of drug-likeness (QED) is 0.875. The molecule has 1 aliphatic heterocycles. The first-order valence-corrected chi connectivity index (χ1v) is 7.68. The summed E-state index contributed by atoms with van der Waals surface area (Å²) in [6.45, 7) is 9.44. The minimum absolute atomic E-state index is 0.215. The summed E-state index contributed by atoms with van der Waals surface area (Å²) in [5, 5.41) is 14.4. The molecule has 2 aromatic rings. The number of nitriles is 1. The second kappa shape index (κ2) is 5.29. The molecule has 0 spiro atoms. The van der Waals surface area contributed by atoms with Crippen molar-refractivity contribution in [1.29, 1.82) is 5.26 Å². The van der Waals surface area contributed by atoms with Crippen molar-refractivity contribution in [1.82, 2.24) is 14.3 Å². The first-order valence-electron chi connectivity index (χ1n) is 7.68. The van der Waals surface area contributed by atoms with Crippen molar-refractivity contribution in [3.8, 4) is 11.9 Å². The number of ether oxygens (including phenoxy) is 1. The van der Waals surface area contributed by atoms with Crippen molar-refractivity contribution in [2.45, 2.75) is 45.6 Å². The van der Waals surface area contributed by atoms with Gasteiger partial charge in [-0.3, -0.25) is 4.68 Å². The Hall–Kier alpha value is -2.06. The van der Waals surface area contributed by atoms with Crippen LogP contribution >= 0.6 is 0 Å². The highest BCUT2D eigenvalue weighted by atomic mass is 16.5. The lowest BCUT2D eigenvalue weighted by atomic mass is 9.91. The van der Waals surface area contributed by atoms with Crippen LogP contribution in [-0.4, -0.2) is 27.6 Å². The Bertz CT molecular complexity index is 707. The second-order valence-electron chi connectivity index (χ2n) is 6.54. The normalized spacial score (nSPS) is 18.6. The molecule has 22 heavy (non-hydrogen) atoms. The fraction of sp³-hybridized carbons (Fsp3) is 0.529. The molecule has 2 aromatic heterocycles. The van der Waals surface area contributed by atoms with Crippen LogP contribution in [0.3, 0.4) is 0 Å². The third kappa shape index (κ3) is 2.34. The van der Waals surface area contributed by atoms with E-state index in [-0.39, 0.29) is 6.04 Å². The number of aromatic nitrogens is 3. The van der Waals surface area contributed by atoms with E-state index in [1.54, 1.807) is 0 Å². The largest absolute Gasteiger partial charge is 0.379 e. The summed E-state index contributed by atoms with van der Waals surface area (Å²) in [5.74, 6) is 0.880. The van der Waals surface area contributed by atoms with Gasteiger partial charge in [0.05, 0.1) is 29.8 Å². The fourth-order valence-electron chi connectivity index (χ4n) is 3.04. The van der Waals surface area contributed by atoms with Crippen LogP contribution in [-0.2, 0) is 10.2 Å². The zero-order valence-corrected chi connectivity index (χ0v) is 13.6. The van der Waals surface area contributed by atoms with E-state index in [0.29, 0.717) is 6.61 Å². The van der Waals surface area contributed by atoms with Crippen LogP contribution in [0.2, 0.25) is 0 Å². The summed E-state index contributed by atoms with van der Waals surface area (Å²) < 4.78 is 9.64. The lowest BCUT2D eigenvalue weighted by Gasteiger charge is -2.20. The van der Waals surface area contributed by atoms with Gasteiger partial charge in [0.15, 0.2) is 5.82 Å². The Morgan fingerprint density at radius 1 is 1.32 bits per heavy atom. The van der Waals surface area contributed by atoms with Crippen LogP contribution in [0.25, 0.3) is 5.82 Å². The number of aryl methyl sites for hydroxylation is 2.